The van der Waals surface area contributed by atoms with Crippen LogP contribution in [0.4, 0.5) is 0 Å². The van der Waals surface area contributed by atoms with Crippen LogP contribution in [-0.2, 0) is 6.54 Å². The molecule has 0 aliphatic rings. The lowest BCUT2D eigenvalue weighted by atomic mass is 10.0. The molecule has 0 radical (unpaired) electrons. The fourth-order valence-corrected chi connectivity index (χ4v) is 1.99. The number of nitrogens with zero attached hydrogens (tertiary/aromatic N) is 2. The Morgan fingerprint density at radius 3 is 2.95 bits per heavy atom. The molecule has 2 rings (SSSR count). The molecule has 2 aromatic rings. The van der Waals surface area contributed by atoms with Crippen molar-refractivity contribution in [1.82, 2.24) is 9.55 Å². The Morgan fingerprint density at radius 2 is 2.30 bits per heavy atom. The molecule has 1 aromatic heterocycles. The van der Waals surface area contributed by atoms with Crippen molar-refractivity contribution >= 4 is 0 Å². The van der Waals surface area contributed by atoms with E-state index >= 15 is 0 Å². The smallest absolute Gasteiger partial charge is 0.124 e. The minimum Gasteiger partial charge on any atom is -0.493 e. The molecule has 5 nitrogen and oxygen atoms in total. The molecule has 0 aliphatic heterocycles. The van der Waals surface area contributed by atoms with Crippen LogP contribution in [0, 0.1) is 0 Å². The lowest BCUT2D eigenvalue weighted by Gasteiger charge is -2.15. The van der Waals surface area contributed by atoms with Crippen LogP contribution < -0.4 is 10.5 Å². The van der Waals surface area contributed by atoms with Crippen molar-refractivity contribution in [3.8, 4) is 5.75 Å². The summed E-state index contributed by atoms with van der Waals surface area (Å²) in [7, 11) is 0. The molecule has 1 aromatic carbocycles. The number of hydrogen-bond donors (Lipinski definition) is 2. The fraction of sp³-hybridized carbons (Fsp3) is 0.400. The Labute approximate surface area is 119 Å². The topological polar surface area (TPSA) is 73.3 Å². The van der Waals surface area contributed by atoms with Crippen molar-refractivity contribution in [3.63, 3.8) is 0 Å². The molecule has 0 aliphatic carbocycles. The number of benzene rings is 1. The van der Waals surface area contributed by atoms with Gasteiger partial charge in [0.15, 0.2) is 0 Å². The van der Waals surface area contributed by atoms with E-state index in [4.69, 9.17) is 10.5 Å². The Bertz CT molecular complexity index is 526. The van der Waals surface area contributed by atoms with Crippen LogP contribution in [0.15, 0.2) is 36.9 Å². The van der Waals surface area contributed by atoms with Crippen molar-refractivity contribution in [2.75, 3.05) is 13.2 Å². The fourth-order valence-electron chi connectivity index (χ4n) is 1.99. The van der Waals surface area contributed by atoms with Gasteiger partial charge in [-0.25, -0.2) is 4.98 Å². The van der Waals surface area contributed by atoms with Crippen LogP contribution in [0.1, 0.15) is 30.5 Å². The predicted molar refractivity (Wildman–Crippen MR) is 77.6 cm³/mol. The third-order valence-corrected chi connectivity index (χ3v) is 3.08. The van der Waals surface area contributed by atoms with E-state index in [-0.39, 0.29) is 12.6 Å². The van der Waals surface area contributed by atoms with Crippen molar-refractivity contribution in [2.45, 2.75) is 25.9 Å². The lowest BCUT2D eigenvalue weighted by Crippen LogP contribution is -2.15. The summed E-state index contributed by atoms with van der Waals surface area (Å²) in [5.74, 6) is 0.856. The van der Waals surface area contributed by atoms with Crippen LogP contribution in [-0.4, -0.2) is 27.9 Å². The number of hydrogen-bond acceptors (Lipinski definition) is 4. The van der Waals surface area contributed by atoms with E-state index in [0.717, 1.165) is 23.3 Å². The second kappa shape index (κ2) is 7.07. The van der Waals surface area contributed by atoms with Crippen LogP contribution in [0.25, 0.3) is 0 Å². The molecule has 20 heavy (non-hydrogen) atoms. The predicted octanol–water partition coefficient (Wildman–Crippen LogP) is 1.71. The minimum absolute atomic E-state index is 0.0698. The molecular formula is C15H21N3O2. The molecule has 0 spiro atoms. The summed E-state index contributed by atoms with van der Waals surface area (Å²) in [6, 6.07) is 5.46. The van der Waals surface area contributed by atoms with Crippen LogP contribution in [0.2, 0.25) is 0 Å². The second-order valence-corrected chi connectivity index (χ2v) is 4.74. The average Bonchev–Trinajstić information content (AvgIpc) is 2.98. The standard InChI is InChI=1S/C15H21N3O2/c1-2-7-20-15-4-3-12(14(16)10-19)8-13(15)9-18-6-5-17-11-18/h3-6,8,11,14,19H,2,7,9-10,16H2,1H3/t14-/m0/s1. The normalized spacial score (nSPS) is 12.3. The third kappa shape index (κ3) is 3.59. The van der Waals surface area contributed by atoms with Crippen molar-refractivity contribution in [2.24, 2.45) is 5.73 Å². The summed E-state index contributed by atoms with van der Waals surface area (Å²) in [5, 5.41) is 9.18. The summed E-state index contributed by atoms with van der Waals surface area (Å²) in [5.41, 5.74) is 7.83. The first kappa shape index (κ1) is 14.6. The summed E-state index contributed by atoms with van der Waals surface area (Å²) in [6.45, 7) is 3.36. The zero-order valence-electron chi connectivity index (χ0n) is 11.7. The first-order valence-electron chi connectivity index (χ1n) is 6.82. The van der Waals surface area contributed by atoms with Crippen LogP contribution in [0.5, 0.6) is 5.75 Å². The second-order valence-electron chi connectivity index (χ2n) is 4.74. The summed E-state index contributed by atoms with van der Waals surface area (Å²) < 4.78 is 7.74. The van der Waals surface area contributed by atoms with Crippen molar-refractivity contribution in [3.05, 3.63) is 48.0 Å². The lowest BCUT2D eigenvalue weighted by molar-refractivity contribution is 0.267. The van der Waals surface area contributed by atoms with Gasteiger partial charge < -0.3 is 20.1 Å². The molecule has 0 bridgehead atoms. The zero-order valence-corrected chi connectivity index (χ0v) is 11.7. The van der Waals surface area contributed by atoms with Crippen molar-refractivity contribution in [1.29, 1.82) is 0 Å². The van der Waals surface area contributed by atoms with E-state index in [1.165, 1.54) is 0 Å². The highest BCUT2D eigenvalue weighted by atomic mass is 16.5. The first-order valence-corrected chi connectivity index (χ1v) is 6.82. The minimum atomic E-state index is -0.364. The van der Waals surface area contributed by atoms with Gasteiger partial charge in [-0.1, -0.05) is 13.0 Å². The molecular weight excluding hydrogens is 254 g/mol. The molecule has 0 unspecified atom stereocenters. The Morgan fingerprint density at radius 1 is 1.45 bits per heavy atom. The zero-order chi connectivity index (χ0) is 14.4. The average molecular weight is 275 g/mol. The highest BCUT2D eigenvalue weighted by Crippen LogP contribution is 2.24. The van der Waals surface area contributed by atoms with E-state index in [9.17, 15) is 5.11 Å². The highest BCUT2D eigenvalue weighted by molar-refractivity contribution is 5.38. The molecule has 0 amide bonds. The summed E-state index contributed by atoms with van der Waals surface area (Å²) in [4.78, 5) is 4.04. The van der Waals surface area contributed by atoms with E-state index in [1.807, 2.05) is 29.0 Å². The third-order valence-electron chi connectivity index (χ3n) is 3.08. The maximum Gasteiger partial charge on any atom is 0.124 e. The van der Waals surface area contributed by atoms with Gasteiger partial charge in [0.25, 0.3) is 0 Å². The molecule has 0 saturated heterocycles. The number of imidazole rings is 1. The van der Waals surface area contributed by atoms with E-state index in [2.05, 4.69) is 11.9 Å². The monoisotopic (exact) mass is 275 g/mol. The molecule has 1 atom stereocenters. The van der Waals surface area contributed by atoms with Gasteiger partial charge in [0, 0.05) is 18.0 Å². The van der Waals surface area contributed by atoms with E-state index in [0.29, 0.717) is 13.2 Å². The number of aliphatic hydroxyl groups excluding tert-OH is 1. The van der Waals surface area contributed by atoms with E-state index < -0.39 is 0 Å². The number of nitrogens with two attached hydrogens (primary N) is 1. The van der Waals surface area contributed by atoms with Gasteiger partial charge in [-0.2, -0.15) is 0 Å². The van der Waals surface area contributed by atoms with Gasteiger partial charge in [-0.3, -0.25) is 0 Å². The summed E-state index contributed by atoms with van der Waals surface area (Å²) in [6.07, 6.45) is 6.38. The number of aromatic nitrogens is 2. The van der Waals surface area contributed by atoms with Crippen LogP contribution >= 0.6 is 0 Å². The molecule has 5 heteroatoms. The van der Waals surface area contributed by atoms with Crippen LogP contribution in [0.3, 0.4) is 0 Å². The van der Waals surface area contributed by atoms with Gasteiger partial charge in [0.1, 0.15) is 5.75 Å². The van der Waals surface area contributed by atoms with Gasteiger partial charge in [-0.15, -0.1) is 0 Å². The highest BCUT2D eigenvalue weighted by Gasteiger charge is 2.10. The quantitative estimate of drug-likeness (QED) is 0.807. The molecule has 3 N–H and O–H groups in total. The number of rotatable bonds is 7. The molecule has 1 heterocycles. The van der Waals surface area contributed by atoms with Gasteiger partial charge in [0.05, 0.1) is 32.1 Å². The molecule has 0 saturated carbocycles. The number of aliphatic hydroxyl groups is 1. The Hall–Kier alpha value is -1.85. The Balaban J connectivity index is 2.26. The maximum atomic E-state index is 9.18. The first-order chi connectivity index (χ1) is 9.74. The SMILES string of the molecule is CCCOc1ccc([C@@H](N)CO)cc1Cn1ccnc1. The maximum absolute atomic E-state index is 9.18. The molecule has 0 fully saturated rings. The van der Waals surface area contributed by atoms with Gasteiger partial charge in [-0.05, 0) is 24.1 Å². The molecule has 108 valence electrons. The largest absolute Gasteiger partial charge is 0.493 e. The van der Waals surface area contributed by atoms with E-state index in [1.54, 1.807) is 12.5 Å². The van der Waals surface area contributed by atoms with Gasteiger partial charge in [0.2, 0.25) is 0 Å². The summed E-state index contributed by atoms with van der Waals surface area (Å²) >= 11 is 0. The van der Waals surface area contributed by atoms with Gasteiger partial charge >= 0.3 is 0 Å². The Kier molecular flexibility index (Phi) is 5.15. The van der Waals surface area contributed by atoms with Crippen molar-refractivity contribution < 1.29 is 9.84 Å². The number of ether oxygens (including phenoxy) is 1.